The number of nitrogens with one attached hydrogen (secondary N) is 2. The monoisotopic (exact) mass is 420 g/mol. The molecule has 3 aromatic rings. The molecule has 2 aromatic carbocycles. The highest BCUT2D eigenvalue weighted by atomic mass is 32.2. The van der Waals surface area contributed by atoms with Gasteiger partial charge < -0.3 is 15.2 Å². The lowest BCUT2D eigenvalue weighted by atomic mass is 10.2. The van der Waals surface area contributed by atoms with Crippen molar-refractivity contribution < 1.29 is 22.5 Å². The molecule has 1 aromatic heterocycles. The van der Waals surface area contributed by atoms with Crippen LogP contribution in [-0.4, -0.2) is 27.7 Å². The molecule has 4 rings (SSSR count). The Hall–Kier alpha value is -3.01. The summed E-state index contributed by atoms with van der Waals surface area (Å²) in [6, 6.07) is 12.7. The van der Waals surface area contributed by atoms with Gasteiger partial charge >= 0.3 is 11.5 Å². The number of hydrogen-bond acceptors (Lipinski definition) is 5. The summed E-state index contributed by atoms with van der Waals surface area (Å²) >= 11 is -0.199. The number of carbonyl (C=O) groups is 1. The number of halogens is 3. The third-order valence-corrected chi connectivity index (χ3v) is 4.78. The van der Waals surface area contributed by atoms with Gasteiger partial charge in [0.2, 0.25) is 5.82 Å². The summed E-state index contributed by atoms with van der Waals surface area (Å²) in [7, 11) is 0. The SMILES string of the molecule is O=C(Nc1ccc(-c2nc(-c3cccc(SC(F)(F)F)c3)no2)cc1)NC1CC1. The maximum absolute atomic E-state index is 12.6. The van der Waals surface area contributed by atoms with E-state index < -0.39 is 5.51 Å². The molecule has 1 heterocycles. The fraction of sp³-hybridized carbons (Fsp3) is 0.211. The smallest absolute Gasteiger partial charge is 0.335 e. The second-order valence-electron chi connectivity index (χ2n) is 6.45. The van der Waals surface area contributed by atoms with Crippen molar-refractivity contribution in [2.45, 2.75) is 29.3 Å². The molecule has 1 fully saturated rings. The van der Waals surface area contributed by atoms with E-state index in [-0.39, 0.29) is 40.4 Å². The largest absolute Gasteiger partial charge is 0.446 e. The Morgan fingerprint density at radius 2 is 1.86 bits per heavy atom. The first-order valence-electron chi connectivity index (χ1n) is 8.73. The van der Waals surface area contributed by atoms with Crippen LogP contribution in [0.15, 0.2) is 57.9 Å². The van der Waals surface area contributed by atoms with E-state index in [9.17, 15) is 18.0 Å². The predicted octanol–water partition coefficient (Wildman–Crippen LogP) is 5.30. The standard InChI is InChI=1S/C19H15F3N4O2S/c20-19(21,22)29-15-3-1-2-12(10-15)16-25-17(28-26-16)11-4-6-13(7-5-11)23-18(27)24-14-8-9-14/h1-7,10,14H,8-9H2,(H2,23,24,27). The third kappa shape index (κ3) is 5.29. The molecular weight excluding hydrogens is 405 g/mol. The number of carbonyl (C=O) groups excluding carboxylic acids is 1. The first-order valence-corrected chi connectivity index (χ1v) is 9.55. The molecule has 2 amide bonds. The second kappa shape index (κ2) is 7.78. The Balaban J connectivity index is 1.46. The van der Waals surface area contributed by atoms with Gasteiger partial charge in [-0.1, -0.05) is 17.3 Å². The Morgan fingerprint density at radius 3 is 2.55 bits per heavy atom. The predicted molar refractivity (Wildman–Crippen MR) is 102 cm³/mol. The van der Waals surface area contributed by atoms with Crippen LogP contribution in [0, 0.1) is 0 Å². The summed E-state index contributed by atoms with van der Waals surface area (Å²) in [5.74, 6) is 0.415. The van der Waals surface area contributed by atoms with Crippen molar-refractivity contribution >= 4 is 23.5 Å². The van der Waals surface area contributed by atoms with Gasteiger partial charge in [-0.25, -0.2) is 4.79 Å². The fourth-order valence-electron chi connectivity index (χ4n) is 2.57. The zero-order valence-corrected chi connectivity index (χ0v) is 15.7. The van der Waals surface area contributed by atoms with Crippen molar-refractivity contribution in [3.63, 3.8) is 0 Å². The molecule has 10 heteroatoms. The topological polar surface area (TPSA) is 80.1 Å². The maximum Gasteiger partial charge on any atom is 0.446 e. The van der Waals surface area contributed by atoms with Crippen LogP contribution in [0.2, 0.25) is 0 Å². The Kier molecular flexibility index (Phi) is 5.18. The van der Waals surface area contributed by atoms with Gasteiger partial charge in [-0.05, 0) is 61.0 Å². The second-order valence-corrected chi connectivity index (χ2v) is 7.59. The van der Waals surface area contributed by atoms with Crippen molar-refractivity contribution in [3.8, 4) is 22.8 Å². The Labute approximate surface area is 167 Å². The van der Waals surface area contributed by atoms with E-state index in [0.29, 0.717) is 16.8 Å². The minimum Gasteiger partial charge on any atom is -0.335 e. The lowest BCUT2D eigenvalue weighted by Gasteiger charge is -2.06. The maximum atomic E-state index is 12.6. The van der Waals surface area contributed by atoms with Crippen LogP contribution >= 0.6 is 11.8 Å². The van der Waals surface area contributed by atoms with Gasteiger partial charge in [0.15, 0.2) is 0 Å². The van der Waals surface area contributed by atoms with Crippen LogP contribution in [-0.2, 0) is 0 Å². The number of aromatic nitrogens is 2. The fourth-order valence-corrected chi connectivity index (χ4v) is 3.17. The number of amides is 2. The highest BCUT2D eigenvalue weighted by molar-refractivity contribution is 8.00. The molecule has 2 N–H and O–H groups in total. The summed E-state index contributed by atoms with van der Waals surface area (Å²) in [5.41, 5.74) is -2.71. The molecule has 1 saturated carbocycles. The summed E-state index contributed by atoms with van der Waals surface area (Å²) in [6.07, 6.45) is 2.01. The summed E-state index contributed by atoms with van der Waals surface area (Å²) in [5, 5.41) is 9.42. The summed E-state index contributed by atoms with van der Waals surface area (Å²) in [6.45, 7) is 0. The molecule has 0 radical (unpaired) electrons. The van der Waals surface area contributed by atoms with Gasteiger partial charge in [0.25, 0.3) is 5.89 Å². The van der Waals surface area contributed by atoms with Gasteiger partial charge in [-0.2, -0.15) is 18.2 Å². The molecule has 0 atom stereocenters. The van der Waals surface area contributed by atoms with Crippen LogP contribution in [0.1, 0.15) is 12.8 Å². The molecule has 6 nitrogen and oxygen atoms in total. The van der Waals surface area contributed by atoms with Gasteiger partial charge in [0, 0.05) is 27.8 Å². The molecule has 0 bridgehead atoms. The number of benzene rings is 2. The zero-order valence-electron chi connectivity index (χ0n) is 14.9. The first kappa shape index (κ1) is 19.3. The van der Waals surface area contributed by atoms with Gasteiger partial charge in [-0.3, -0.25) is 0 Å². The van der Waals surface area contributed by atoms with E-state index in [4.69, 9.17) is 4.52 Å². The highest BCUT2D eigenvalue weighted by Crippen LogP contribution is 2.38. The minimum atomic E-state index is -4.37. The number of rotatable bonds is 5. The van der Waals surface area contributed by atoms with Crippen LogP contribution in [0.4, 0.5) is 23.7 Å². The quantitative estimate of drug-likeness (QED) is 0.548. The van der Waals surface area contributed by atoms with E-state index in [1.807, 2.05) is 0 Å². The van der Waals surface area contributed by atoms with E-state index in [2.05, 4.69) is 20.8 Å². The molecule has 0 saturated heterocycles. The molecule has 29 heavy (non-hydrogen) atoms. The zero-order chi connectivity index (χ0) is 20.4. The molecule has 1 aliphatic carbocycles. The van der Waals surface area contributed by atoms with Gasteiger partial charge in [0.05, 0.1) is 0 Å². The van der Waals surface area contributed by atoms with Gasteiger partial charge in [-0.15, -0.1) is 0 Å². The van der Waals surface area contributed by atoms with E-state index in [0.717, 1.165) is 12.8 Å². The number of alkyl halides is 3. The molecule has 1 aliphatic rings. The lowest BCUT2D eigenvalue weighted by molar-refractivity contribution is -0.0328. The van der Waals surface area contributed by atoms with E-state index >= 15 is 0 Å². The van der Waals surface area contributed by atoms with Crippen molar-refractivity contribution in [1.82, 2.24) is 15.5 Å². The molecule has 150 valence electrons. The van der Waals surface area contributed by atoms with Crippen LogP contribution in [0.3, 0.4) is 0 Å². The average molecular weight is 420 g/mol. The molecule has 0 spiro atoms. The Bertz CT molecular complexity index is 1020. The number of hydrogen-bond donors (Lipinski definition) is 2. The molecule has 0 aliphatic heterocycles. The Morgan fingerprint density at radius 1 is 1.10 bits per heavy atom. The van der Waals surface area contributed by atoms with Gasteiger partial charge in [0.1, 0.15) is 0 Å². The number of nitrogens with zero attached hydrogens (tertiary/aromatic N) is 2. The number of urea groups is 1. The summed E-state index contributed by atoms with van der Waals surface area (Å²) in [4.78, 5) is 16.1. The van der Waals surface area contributed by atoms with Crippen molar-refractivity contribution in [1.29, 1.82) is 0 Å². The van der Waals surface area contributed by atoms with E-state index in [1.165, 1.54) is 18.2 Å². The summed E-state index contributed by atoms with van der Waals surface area (Å²) < 4.78 is 42.9. The van der Waals surface area contributed by atoms with Crippen LogP contribution < -0.4 is 10.6 Å². The van der Waals surface area contributed by atoms with Crippen LogP contribution in [0.5, 0.6) is 0 Å². The lowest BCUT2D eigenvalue weighted by Crippen LogP contribution is -2.30. The molecule has 0 unspecified atom stereocenters. The average Bonchev–Trinajstić information content (AvgIpc) is 3.32. The van der Waals surface area contributed by atoms with Crippen molar-refractivity contribution in [2.75, 3.05) is 5.32 Å². The number of anilines is 1. The molecular formula is C19H15F3N4O2S. The highest BCUT2D eigenvalue weighted by Gasteiger charge is 2.29. The minimum absolute atomic E-state index is 0.0428. The first-order chi connectivity index (χ1) is 13.9. The van der Waals surface area contributed by atoms with Crippen molar-refractivity contribution in [3.05, 3.63) is 48.5 Å². The van der Waals surface area contributed by atoms with E-state index in [1.54, 1.807) is 30.3 Å². The van der Waals surface area contributed by atoms with Crippen molar-refractivity contribution in [2.24, 2.45) is 0 Å². The number of thioether (sulfide) groups is 1. The normalized spacial score (nSPS) is 13.9. The van der Waals surface area contributed by atoms with Crippen LogP contribution in [0.25, 0.3) is 22.8 Å². The third-order valence-electron chi connectivity index (χ3n) is 4.05.